The SMILES string of the molecule is Cc1cc(C)c(N2C=[N+](C34CC5CC(C)(CC(C)(C5)C3)C4)CC2)c(C)c1.FB(F)F.[F-]. The first kappa shape index (κ1) is 24.1. The zero-order valence-corrected chi connectivity index (χ0v) is 19.4. The Morgan fingerprint density at radius 3 is 1.94 bits per heavy atom. The van der Waals surface area contributed by atoms with Gasteiger partial charge in [-0.1, -0.05) is 31.5 Å². The molecular weight excluding hydrogens is 403 g/mol. The van der Waals surface area contributed by atoms with Crippen LogP contribution in [-0.4, -0.2) is 37.1 Å². The quantitative estimate of drug-likeness (QED) is 0.391. The topological polar surface area (TPSA) is 6.25 Å². The van der Waals surface area contributed by atoms with Gasteiger partial charge in [0.15, 0.2) is 0 Å². The maximum Gasteiger partial charge on any atom is 0.762 e. The van der Waals surface area contributed by atoms with Crippen molar-refractivity contribution in [3.63, 3.8) is 0 Å². The molecule has 4 aliphatic carbocycles. The van der Waals surface area contributed by atoms with Crippen LogP contribution < -0.4 is 9.60 Å². The summed E-state index contributed by atoms with van der Waals surface area (Å²) in [4.78, 5) is 2.55. The Labute approximate surface area is 184 Å². The summed E-state index contributed by atoms with van der Waals surface area (Å²) < 4.78 is 31.8. The average Bonchev–Trinajstić information content (AvgIpc) is 3.00. The van der Waals surface area contributed by atoms with E-state index in [1.54, 1.807) is 0 Å². The van der Waals surface area contributed by atoms with Gasteiger partial charge in [-0.2, -0.15) is 0 Å². The van der Waals surface area contributed by atoms with E-state index in [0.717, 1.165) is 12.5 Å². The van der Waals surface area contributed by atoms with Crippen molar-refractivity contribution in [1.82, 2.24) is 0 Å². The molecule has 6 rings (SSSR count). The fourth-order valence-electron chi connectivity index (χ4n) is 8.36. The van der Waals surface area contributed by atoms with Gasteiger partial charge in [0.25, 0.3) is 0 Å². The van der Waals surface area contributed by atoms with Gasteiger partial charge in [-0.25, -0.2) is 4.90 Å². The molecule has 4 fully saturated rings. The second-order valence-electron chi connectivity index (χ2n) is 11.4. The van der Waals surface area contributed by atoms with Crippen LogP contribution in [0.1, 0.15) is 69.1 Å². The Morgan fingerprint density at radius 2 is 1.45 bits per heavy atom. The van der Waals surface area contributed by atoms with Crippen molar-refractivity contribution < 1.29 is 22.2 Å². The Bertz CT molecular complexity index is 827. The molecule has 4 saturated carbocycles. The summed E-state index contributed by atoms with van der Waals surface area (Å²) >= 11 is 0. The Kier molecular flexibility index (Phi) is 6.31. The Hall–Kier alpha value is -1.53. The van der Waals surface area contributed by atoms with Gasteiger partial charge in [0, 0.05) is 0 Å². The second kappa shape index (κ2) is 8.11. The van der Waals surface area contributed by atoms with Crippen LogP contribution >= 0.6 is 0 Å². The van der Waals surface area contributed by atoms with Crippen molar-refractivity contribution in [2.75, 3.05) is 18.0 Å². The standard InChI is InChI=1S/C24H35N2.BF3.FH/c1-17-8-18(2)21(19(3)9-17)25-6-7-26(16-25)24-12-20-10-22(4,14-24)13-23(5,11-20)15-24;2-1(3)4;/h8-9,16,20H,6-7,10-15H2,1-5H3;;1H/q+1;;/p-1. The van der Waals surface area contributed by atoms with Crippen molar-refractivity contribution >= 4 is 19.6 Å². The van der Waals surface area contributed by atoms with Crippen LogP contribution in [0.3, 0.4) is 0 Å². The predicted molar refractivity (Wildman–Crippen MR) is 118 cm³/mol. The highest BCUT2D eigenvalue weighted by Crippen LogP contribution is 2.67. The van der Waals surface area contributed by atoms with E-state index in [0.29, 0.717) is 16.4 Å². The lowest BCUT2D eigenvalue weighted by Crippen LogP contribution is -3.00. The van der Waals surface area contributed by atoms with E-state index in [1.165, 1.54) is 67.4 Å². The van der Waals surface area contributed by atoms with Gasteiger partial charge < -0.3 is 4.70 Å². The molecule has 1 aliphatic heterocycles. The van der Waals surface area contributed by atoms with Gasteiger partial charge >= 0.3 is 7.54 Å². The number of benzene rings is 1. The summed E-state index contributed by atoms with van der Waals surface area (Å²) in [5.41, 5.74) is 7.28. The molecule has 7 heteroatoms. The van der Waals surface area contributed by atoms with Gasteiger partial charge in [0.2, 0.25) is 6.34 Å². The van der Waals surface area contributed by atoms with E-state index in [1.807, 2.05) is 0 Å². The molecular formula is C24H35BF4N2. The minimum Gasteiger partial charge on any atom is -1.00 e. The number of anilines is 1. The molecule has 1 heterocycles. The maximum absolute atomic E-state index is 9.67. The maximum atomic E-state index is 9.67. The smallest absolute Gasteiger partial charge is 0.762 e. The van der Waals surface area contributed by atoms with Crippen molar-refractivity contribution in [1.29, 1.82) is 0 Å². The molecule has 1 aromatic rings. The number of aryl methyl sites for hydroxylation is 3. The molecule has 0 saturated heterocycles. The first-order valence-corrected chi connectivity index (χ1v) is 11.3. The number of hydrogen-bond donors (Lipinski definition) is 0. The van der Waals surface area contributed by atoms with E-state index in [9.17, 15) is 12.9 Å². The largest absolute Gasteiger partial charge is 1.00 e. The summed E-state index contributed by atoms with van der Waals surface area (Å²) in [5, 5.41) is 0. The van der Waals surface area contributed by atoms with E-state index in [4.69, 9.17) is 0 Å². The lowest BCUT2D eigenvalue weighted by atomic mass is 9.42. The Morgan fingerprint density at radius 1 is 0.935 bits per heavy atom. The number of rotatable bonds is 2. The van der Waals surface area contributed by atoms with E-state index < -0.39 is 7.54 Å². The molecule has 4 bridgehead atoms. The molecule has 0 spiro atoms. The fraction of sp³-hybridized carbons (Fsp3) is 0.708. The zero-order chi connectivity index (χ0) is 21.9. The summed E-state index contributed by atoms with van der Waals surface area (Å²) in [6.45, 7) is 14.3. The minimum atomic E-state index is -3.67. The Balaban J connectivity index is 0.000000504. The molecule has 0 aromatic heterocycles. The first-order valence-electron chi connectivity index (χ1n) is 11.3. The van der Waals surface area contributed by atoms with Crippen LogP contribution in [0.25, 0.3) is 0 Å². The van der Waals surface area contributed by atoms with Crippen LogP contribution in [0.2, 0.25) is 0 Å². The van der Waals surface area contributed by atoms with Gasteiger partial charge in [-0.3, -0.25) is 17.5 Å². The molecule has 0 radical (unpaired) electrons. The molecule has 1 aromatic carbocycles. The van der Waals surface area contributed by atoms with E-state index in [2.05, 4.69) is 62.6 Å². The molecule has 5 aliphatic rings. The highest BCUT2D eigenvalue weighted by molar-refractivity contribution is 6.33. The fourth-order valence-corrected chi connectivity index (χ4v) is 8.36. The molecule has 2 unspecified atom stereocenters. The third-order valence-corrected chi connectivity index (χ3v) is 7.99. The highest BCUT2D eigenvalue weighted by atomic mass is 19.4. The molecule has 31 heavy (non-hydrogen) atoms. The summed E-state index contributed by atoms with van der Waals surface area (Å²) in [6.07, 6.45) is 11.2. The molecule has 0 N–H and O–H groups in total. The van der Waals surface area contributed by atoms with Gasteiger partial charge in [0.05, 0.1) is 0 Å². The van der Waals surface area contributed by atoms with Crippen molar-refractivity contribution in [3.8, 4) is 0 Å². The zero-order valence-electron chi connectivity index (χ0n) is 19.4. The number of nitrogens with zero attached hydrogens (tertiary/aromatic N) is 2. The van der Waals surface area contributed by atoms with Crippen molar-refractivity contribution in [3.05, 3.63) is 28.8 Å². The van der Waals surface area contributed by atoms with Crippen LogP contribution in [0, 0.1) is 37.5 Å². The number of halogens is 4. The first-order chi connectivity index (χ1) is 13.9. The molecule has 2 nitrogen and oxygen atoms in total. The van der Waals surface area contributed by atoms with Crippen LogP contribution in [0.5, 0.6) is 0 Å². The van der Waals surface area contributed by atoms with Crippen molar-refractivity contribution in [2.24, 2.45) is 16.7 Å². The van der Waals surface area contributed by atoms with Crippen LogP contribution in [-0.2, 0) is 0 Å². The van der Waals surface area contributed by atoms with E-state index in [-0.39, 0.29) is 4.70 Å². The average molecular weight is 438 g/mol. The van der Waals surface area contributed by atoms with Crippen molar-refractivity contribution in [2.45, 2.75) is 78.7 Å². The third-order valence-electron chi connectivity index (χ3n) is 7.99. The van der Waals surface area contributed by atoms with Gasteiger partial charge in [-0.15, -0.1) is 0 Å². The molecule has 2 atom stereocenters. The van der Waals surface area contributed by atoms with Gasteiger partial charge in [-0.05, 0) is 87.2 Å². The van der Waals surface area contributed by atoms with Gasteiger partial charge in [0.1, 0.15) is 24.3 Å². The third kappa shape index (κ3) is 4.52. The lowest BCUT2D eigenvalue weighted by molar-refractivity contribution is -0.620. The minimum absolute atomic E-state index is 0. The highest BCUT2D eigenvalue weighted by Gasteiger charge is 2.63. The monoisotopic (exact) mass is 438 g/mol. The molecule has 0 amide bonds. The number of hydrogen-bond acceptors (Lipinski definition) is 1. The normalized spacial score (nSPS) is 35.3. The lowest BCUT2D eigenvalue weighted by Gasteiger charge is -2.64. The van der Waals surface area contributed by atoms with E-state index >= 15 is 0 Å². The van der Waals surface area contributed by atoms with Crippen LogP contribution in [0.15, 0.2) is 12.1 Å². The van der Waals surface area contributed by atoms with Crippen LogP contribution in [0.4, 0.5) is 18.6 Å². The summed E-state index contributed by atoms with van der Waals surface area (Å²) in [7, 11) is -3.67. The summed E-state index contributed by atoms with van der Waals surface area (Å²) in [6, 6.07) is 4.68. The predicted octanol–water partition coefficient (Wildman–Crippen LogP) is 3.11. The summed E-state index contributed by atoms with van der Waals surface area (Å²) in [5.74, 6) is 0.964. The second-order valence-corrected chi connectivity index (χ2v) is 11.4. The molecule has 172 valence electrons.